The van der Waals surface area contributed by atoms with E-state index in [0.29, 0.717) is 5.92 Å². The van der Waals surface area contributed by atoms with Crippen molar-refractivity contribution < 1.29 is 4.39 Å². The lowest BCUT2D eigenvalue weighted by Gasteiger charge is -2.06. The molecule has 0 aliphatic carbocycles. The van der Waals surface area contributed by atoms with E-state index < -0.39 is 0 Å². The van der Waals surface area contributed by atoms with Gasteiger partial charge in [0.1, 0.15) is 0 Å². The van der Waals surface area contributed by atoms with Gasteiger partial charge in [0.2, 0.25) is 0 Å². The largest absolute Gasteiger partial charge is 0.316 e. The molecule has 0 aromatic rings. The van der Waals surface area contributed by atoms with Gasteiger partial charge < -0.3 is 5.32 Å². The maximum absolute atomic E-state index is 12.4. The minimum atomic E-state index is -0.172. The highest BCUT2D eigenvalue weighted by atomic mass is 19.1. The van der Waals surface area contributed by atoms with E-state index in [1.807, 2.05) is 0 Å². The quantitative estimate of drug-likeness (QED) is 0.495. The first-order valence-electron chi connectivity index (χ1n) is 4.74. The van der Waals surface area contributed by atoms with Gasteiger partial charge in [-0.3, -0.25) is 0 Å². The lowest BCUT2D eigenvalue weighted by molar-refractivity contribution is 0.554. The highest BCUT2D eigenvalue weighted by Gasteiger charge is 1.94. The lowest BCUT2D eigenvalue weighted by Crippen LogP contribution is -2.20. The maximum Gasteiger partial charge on any atom is 0.0971 e. The molecule has 0 rings (SSSR count). The van der Waals surface area contributed by atoms with Gasteiger partial charge in [0.05, 0.1) is 5.83 Å². The summed E-state index contributed by atoms with van der Waals surface area (Å²) in [6, 6.07) is 0. The Morgan fingerprint density at radius 1 is 1.54 bits per heavy atom. The highest BCUT2D eigenvalue weighted by Crippen LogP contribution is 2.04. The van der Waals surface area contributed by atoms with Crippen LogP contribution >= 0.6 is 0 Å². The number of nitrogens with one attached hydrogen (secondary N) is 1. The van der Waals surface area contributed by atoms with E-state index in [0.717, 1.165) is 25.1 Å². The van der Waals surface area contributed by atoms with Crippen LogP contribution in [0.1, 0.15) is 27.2 Å². The number of hydrogen-bond acceptors (Lipinski definition) is 1. The fraction of sp³-hybridized carbons (Fsp3) is 0.636. The molecule has 1 nitrogen and oxygen atoms in total. The Labute approximate surface area is 80.7 Å². The summed E-state index contributed by atoms with van der Waals surface area (Å²) < 4.78 is 12.4. The second-order valence-corrected chi connectivity index (χ2v) is 3.74. The molecule has 0 aromatic heterocycles. The van der Waals surface area contributed by atoms with Crippen LogP contribution in [0.3, 0.4) is 0 Å². The van der Waals surface area contributed by atoms with Crippen molar-refractivity contribution in [3.63, 3.8) is 0 Å². The molecule has 0 spiro atoms. The maximum atomic E-state index is 12.4. The summed E-state index contributed by atoms with van der Waals surface area (Å²) in [5.41, 5.74) is 0.844. The molecular formula is C11H20FN. The van der Waals surface area contributed by atoms with Crippen LogP contribution in [0, 0.1) is 5.92 Å². The summed E-state index contributed by atoms with van der Waals surface area (Å²) in [5.74, 6) is 0.487. The molecule has 0 aliphatic rings. The summed E-state index contributed by atoms with van der Waals surface area (Å²) in [7, 11) is 0. The second kappa shape index (κ2) is 6.84. The lowest BCUT2D eigenvalue weighted by atomic mass is 10.2. The van der Waals surface area contributed by atoms with Gasteiger partial charge in [0.15, 0.2) is 0 Å². The molecule has 0 aromatic carbocycles. The molecule has 13 heavy (non-hydrogen) atoms. The first-order chi connectivity index (χ1) is 6.02. The van der Waals surface area contributed by atoms with Gasteiger partial charge in [-0.05, 0) is 38.4 Å². The molecule has 0 amide bonds. The van der Waals surface area contributed by atoms with Crippen LogP contribution in [0.25, 0.3) is 0 Å². The van der Waals surface area contributed by atoms with Gasteiger partial charge in [-0.1, -0.05) is 26.0 Å². The van der Waals surface area contributed by atoms with Crippen molar-refractivity contribution in [1.29, 1.82) is 0 Å². The van der Waals surface area contributed by atoms with Crippen molar-refractivity contribution in [2.45, 2.75) is 27.2 Å². The Balaban J connectivity index is 3.44. The molecule has 0 saturated heterocycles. The zero-order chi connectivity index (χ0) is 10.3. The zero-order valence-corrected chi connectivity index (χ0v) is 8.86. The summed E-state index contributed by atoms with van der Waals surface area (Å²) in [6.45, 7) is 11.4. The monoisotopic (exact) mass is 185 g/mol. The Hall–Kier alpha value is -0.630. The van der Waals surface area contributed by atoms with Crippen molar-refractivity contribution in [2.75, 3.05) is 13.1 Å². The van der Waals surface area contributed by atoms with Gasteiger partial charge in [-0.15, -0.1) is 0 Å². The van der Waals surface area contributed by atoms with Crippen molar-refractivity contribution in [2.24, 2.45) is 5.92 Å². The Kier molecular flexibility index (Phi) is 6.51. The SMILES string of the molecule is C=C(/C=C(\C)F)CCNCC(C)C. The molecular weight excluding hydrogens is 165 g/mol. The van der Waals surface area contributed by atoms with Gasteiger partial charge in [-0.25, -0.2) is 4.39 Å². The third kappa shape index (κ3) is 9.28. The smallest absolute Gasteiger partial charge is 0.0971 e. The first-order valence-corrected chi connectivity index (χ1v) is 4.74. The number of halogens is 1. The summed E-state index contributed by atoms with van der Waals surface area (Å²) in [4.78, 5) is 0. The molecule has 0 bridgehead atoms. The van der Waals surface area contributed by atoms with Gasteiger partial charge in [0.25, 0.3) is 0 Å². The van der Waals surface area contributed by atoms with E-state index in [9.17, 15) is 4.39 Å². The average Bonchev–Trinajstić information content (AvgIpc) is 1.96. The van der Waals surface area contributed by atoms with Crippen LogP contribution in [0.15, 0.2) is 24.1 Å². The minimum absolute atomic E-state index is 0.172. The predicted molar refractivity (Wildman–Crippen MR) is 56.3 cm³/mol. The molecule has 1 N–H and O–H groups in total. The molecule has 0 unspecified atom stereocenters. The number of rotatable bonds is 6. The van der Waals surface area contributed by atoms with E-state index in [1.165, 1.54) is 13.0 Å². The van der Waals surface area contributed by atoms with Crippen LogP contribution in [-0.2, 0) is 0 Å². The standard InChI is InChI=1S/C11H20FN/c1-9(2)8-13-6-5-10(3)7-11(4)12/h7,9,13H,3,5-6,8H2,1-2,4H3/b11-7+. The van der Waals surface area contributed by atoms with E-state index in [-0.39, 0.29) is 5.83 Å². The molecule has 2 heteroatoms. The molecule has 76 valence electrons. The van der Waals surface area contributed by atoms with Crippen LogP contribution in [0.5, 0.6) is 0 Å². The Morgan fingerprint density at radius 2 is 2.15 bits per heavy atom. The predicted octanol–water partition coefficient (Wildman–Crippen LogP) is 3.05. The third-order valence-corrected chi connectivity index (χ3v) is 1.58. The molecule has 0 radical (unpaired) electrons. The number of hydrogen-bond donors (Lipinski definition) is 1. The highest BCUT2D eigenvalue weighted by molar-refractivity contribution is 5.16. The Bertz CT molecular complexity index is 179. The van der Waals surface area contributed by atoms with Crippen LogP contribution in [0.2, 0.25) is 0 Å². The minimum Gasteiger partial charge on any atom is -0.316 e. The fourth-order valence-corrected chi connectivity index (χ4v) is 0.993. The first kappa shape index (κ1) is 12.4. The second-order valence-electron chi connectivity index (χ2n) is 3.74. The third-order valence-electron chi connectivity index (χ3n) is 1.58. The molecule has 0 atom stereocenters. The molecule has 0 fully saturated rings. The fourth-order valence-electron chi connectivity index (χ4n) is 0.993. The van der Waals surface area contributed by atoms with Crippen LogP contribution in [-0.4, -0.2) is 13.1 Å². The number of allylic oxidation sites excluding steroid dienone is 2. The average molecular weight is 185 g/mol. The van der Waals surface area contributed by atoms with Gasteiger partial charge in [-0.2, -0.15) is 0 Å². The molecule has 0 aliphatic heterocycles. The van der Waals surface area contributed by atoms with E-state index >= 15 is 0 Å². The van der Waals surface area contributed by atoms with E-state index in [4.69, 9.17) is 0 Å². The topological polar surface area (TPSA) is 12.0 Å². The van der Waals surface area contributed by atoms with Crippen LogP contribution in [0.4, 0.5) is 4.39 Å². The van der Waals surface area contributed by atoms with E-state index in [2.05, 4.69) is 25.7 Å². The normalized spacial score (nSPS) is 12.2. The van der Waals surface area contributed by atoms with Crippen molar-refractivity contribution in [3.8, 4) is 0 Å². The Morgan fingerprint density at radius 3 is 2.62 bits per heavy atom. The van der Waals surface area contributed by atoms with Crippen molar-refractivity contribution >= 4 is 0 Å². The molecule has 0 saturated carbocycles. The summed E-state index contributed by atoms with van der Waals surface area (Å²) in [5, 5.41) is 3.28. The zero-order valence-electron chi connectivity index (χ0n) is 8.86. The van der Waals surface area contributed by atoms with Gasteiger partial charge in [0, 0.05) is 0 Å². The van der Waals surface area contributed by atoms with Crippen LogP contribution < -0.4 is 5.32 Å². The molecule has 0 heterocycles. The summed E-state index contributed by atoms with van der Waals surface area (Å²) in [6.07, 6.45) is 2.30. The van der Waals surface area contributed by atoms with Crippen molar-refractivity contribution in [3.05, 3.63) is 24.1 Å². The van der Waals surface area contributed by atoms with Crippen molar-refractivity contribution in [1.82, 2.24) is 5.32 Å². The van der Waals surface area contributed by atoms with Gasteiger partial charge >= 0.3 is 0 Å². The summed E-state index contributed by atoms with van der Waals surface area (Å²) >= 11 is 0. The van der Waals surface area contributed by atoms with E-state index in [1.54, 1.807) is 0 Å².